The Labute approximate surface area is 123 Å². The summed E-state index contributed by atoms with van der Waals surface area (Å²) >= 11 is 0. The summed E-state index contributed by atoms with van der Waals surface area (Å²) in [5.41, 5.74) is 0.729. The molecule has 0 aliphatic heterocycles. The summed E-state index contributed by atoms with van der Waals surface area (Å²) in [7, 11) is 0. The lowest BCUT2D eigenvalue weighted by atomic mass is 10.2. The highest BCUT2D eigenvalue weighted by Crippen LogP contribution is 2.14. The first-order valence-electron chi connectivity index (χ1n) is 6.24. The van der Waals surface area contributed by atoms with Gasteiger partial charge in [-0.25, -0.2) is 14.2 Å². The molecule has 22 heavy (non-hydrogen) atoms. The Balaban J connectivity index is 1.64. The molecule has 0 N–H and O–H groups in total. The molecular formula is C14H9FN4O3. The van der Waals surface area contributed by atoms with Gasteiger partial charge in [0.1, 0.15) is 11.5 Å². The molecule has 0 bridgehead atoms. The first kappa shape index (κ1) is 13.8. The maximum absolute atomic E-state index is 12.7. The van der Waals surface area contributed by atoms with E-state index >= 15 is 0 Å². The fourth-order valence-electron chi connectivity index (χ4n) is 1.63. The van der Waals surface area contributed by atoms with Crippen LogP contribution in [0.2, 0.25) is 0 Å². The quantitative estimate of drug-likeness (QED) is 0.681. The molecular weight excluding hydrogens is 291 g/mol. The van der Waals surface area contributed by atoms with Crippen molar-refractivity contribution < 1.29 is 18.4 Å². The van der Waals surface area contributed by atoms with Gasteiger partial charge < -0.3 is 9.26 Å². The number of ether oxygens (including phenoxy) is 1. The number of carbonyl (C=O) groups excluding carboxylic acids is 1. The van der Waals surface area contributed by atoms with Crippen molar-refractivity contribution >= 4 is 5.97 Å². The highest BCUT2D eigenvalue weighted by molar-refractivity contribution is 5.87. The third-order valence-corrected chi connectivity index (χ3v) is 2.67. The third kappa shape index (κ3) is 3.11. The van der Waals surface area contributed by atoms with E-state index in [1.54, 1.807) is 24.5 Å². The van der Waals surface area contributed by atoms with E-state index in [1.165, 1.54) is 6.07 Å². The predicted molar refractivity (Wildman–Crippen MR) is 70.8 cm³/mol. The number of pyridine rings is 2. The number of esters is 1. The lowest BCUT2D eigenvalue weighted by Crippen LogP contribution is -2.07. The summed E-state index contributed by atoms with van der Waals surface area (Å²) in [5.74, 6) is -0.727. The van der Waals surface area contributed by atoms with Gasteiger partial charge in [-0.2, -0.15) is 4.98 Å². The van der Waals surface area contributed by atoms with Gasteiger partial charge in [0.25, 0.3) is 5.89 Å². The Kier molecular flexibility index (Phi) is 3.82. The van der Waals surface area contributed by atoms with Gasteiger partial charge in [0.15, 0.2) is 6.61 Å². The molecule has 3 heterocycles. The Hall–Kier alpha value is -3.16. The Morgan fingerprint density at radius 2 is 2.05 bits per heavy atom. The number of nitrogens with zero attached hydrogens (tertiary/aromatic N) is 4. The van der Waals surface area contributed by atoms with Gasteiger partial charge in [0.05, 0.1) is 6.20 Å². The fourth-order valence-corrected chi connectivity index (χ4v) is 1.63. The smallest absolute Gasteiger partial charge is 0.357 e. The standard InChI is InChI=1S/C14H9FN4O3/c15-10-1-2-11(17-7-10)14(20)21-8-12-18-13(19-22-12)9-3-5-16-6-4-9/h1-7H,8H2. The van der Waals surface area contributed by atoms with Gasteiger partial charge in [-0.05, 0) is 24.3 Å². The van der Waals surface area contributed by atoms with Crippen molar-refractivity contribution in [3.05, 3.63) is 60.3 Å². The number of carbonyl (C=O) groups is 1. The summed E-state index contributed by atoms with van der Waals surface area (Å²) in [6.07, 6.45) is 4.14. The van der Waals surface area contributed by atoms with Gasteiger partial charge in [0, 0.05) is 18.0 Å². The van der Waals surface area contributed by atoms with Crippen LogP contribution in [0.25, 0.3) is 11.4 Å². The van der Waals surface area contributed by atoms with Crippen LogP contribution in [0.4, 0.5) is 4.39 Å². The zero-order valence-corrected chi connectivity index (χ0v) is 11.1. The van der Waals surface area contributed by atoms with E-state index in [0.717, 1.165) is 17.8 Å². The second kappa shape index (κ2) is 6.08. The van der Waals surface area contributed by atoms with Gasteiger partial charge in [-0.1, -0.05) is 5.16 Å². The number of rotatable bonds is 4. The molecule has 0 saturated carbocycles. The second-order valence-corrected chi connectivity index (χ2v) is 4.19. The van der Waals surface area contributed by atoms with Gasteiger partial charge in [-0.15, -0.1) is 0 Å². The number of halogens is 1. The Morgan fingerprint density at radius 1 is 1.23 bits per heavy atom. The average Bonchev–Trinajstić information content (AvgIpc) is 3.03. The highest BCUT2D eigenvalue weighted by Gasteiger charge is 2.13. The van der Waals surface area contributed by atoms with Crippen molar-refractivity contribution in [2.45, 2.75) is 6.61 Å². The lowest BCUT2D eigenvalue weighted by Gasteiger charge is -2.00. The van der Waals surface area contributed by atoms with Gasteiger partial charge in [-0.3, -0.25) is 4.98 Å². The van der Waals surface area contributed by atoms with Crippen LogP contribution in [0, 0.1) is 5.82 Å². The van der Waals surface area contributed by atoms with Crippen LogP contribution >= 0.6 is 0 Å². The van der Waals surface area contributed by atoms with E-state index in [-0.39, 0.29) is 18.2 Å². The normalized spacial score (nSPS) is 10.4. The van der Waals surface area contributed by atoms with Crippen molar-refractivity contribution in [3.63, 3.8) is 0 Å². The fraction of sp³-hybridized carbons (Fsp3) is 0.0714. The van der Waals surface area contributed by atoms with E-state index < -0.39 is 11.8 Å². The van der Waals surface area contributed by atoms with E-state index in [4.69, 9.17) is 9.26 Å². The first-order chi connectivity index (χ1) is 10.7. The van der Waals surface area contributed by atoms with E-state index in [0.29, 0.717) is 5.82 Å². The molecule has 0 aliphatic carbocycles. The van der Waals surface area contributed by atoms with Crippen molar-refractivity contribution in [3.8, 4) is 11.4 Å². The minimum atomic E-state index is -0.705. The van der Waals surface area contributed by atoms with Crippen LogP contribution in [0.15, 0.2) is 47.4 Å². The summed E-state index contributed by atoms with van der Waals surface area (Å²) in [4.78, 5) is 23.3. The zero-order chi connectivity index (χ0) is 15.4. The van der Waals surface area contributed by atoms with Gasteiger partial charge >= 0.3 is 5.97 Å². The summed E-state index contributed by atoms with van der Waals surface area (Å²) in [6.45, 7) is -0.198. The molecule has 0 atom stereocenters. The molecule has 0 fully saturated rings. The van der Waals surface area contributed by atoms with Crippen LogP contribution in [-0.4, -0.2) is 26.1 Å². The van der Waals surface area contributed by atoms with Crippen molar-refractivity contribution in [1.29, 1.82) is 0 Å². The number of hydrogen-bond donors (Lipinski definition) is 0. The van der Waals surface area contributed by atoms with Crippen LogP contribution < -0.4 is 0 Å². The molecule has 0 saturated heterocycles. The number of hydrogen-bond acceptors (Lipinski definition) is 7. The molecule has 0 aliphatic rings. The number of aromatic nitrogens is 4. The van der Waals surface area contributed by atoms with Crippen molar-refractivity contribution in [1.82, 2.24) is 20.1 Å². The van der Waals surface area contributed by atoms with E-state index in [9.17, 15) is 9.18 Å². The molecule has 3 aromatic rings. The minimum absolute atomic E-state index is 0.00438. The van der Waals surface area contributed by atoms with Crippen LogP contribution in [-0.2, 0) is 11.3 Å². The summed E-state index contributed by atoms with van der Waals surface area (Å²) in [5, 5.41) is 3.78. The van der Waals surface area contributed by atoms with Crippen molar-refractivity contribution in [2.75, 3.05) is 0 Å². The molecule has 0 aromatic carbocycles. The third-order valence-electron chi connectivity index (χ3n) is 2.67. The van der Waals surface area contributed by atoms with Crippen LogP contribution in [0.5, 0.6) is 0 Å². The largest absolute Gasteiger partial charge is 0.451 e. The Morgan fingerprint density at radius 3 is 2.77 bits per heavy atom. The van der Waals surface area contributed by atoms with Crippen LogP contribution in [0.3, 0.4) is 0 Å². The minimum Gasteiger partial charge on any atom is -0.451 e. The van der Waals surface area contributed by atoms with Crippen LogP contribution in [0.1, 0.15) is 16.4 Å². The van der Waals surface area contributed by atoms with E-state index in [2.05, 4.69) is 20.1 Å². The second-order valence-electron chi connectivity index (χ2n) is 4.19. The summed E-state index contributed by atoms with van der Waals surface area (Å²) in [6, 6.07) is 5.80. The highest BCUT2D eigenvalue weighted by atomic mass is 19.1. The zero-order valence-electron chi connectivity index (χ0n) is 11.1. The molecule has 7 nitrogen and oxygen atoms in total. The van der Waals surface area contributed by atoms with Crippen molar-refractivity contribution in [2.24, 2.45) is 0 Å². The van der Waals surface area contributed by atoms with Gasteiger partial charge in [0.2, 0.25) is 5.82 Å². The molecule has 8 heteroatoms. The van der Waals surface area contributed by atoms with E-state index in [1.807, 2.05) is 0 Å². The lowest BCUT2D eigenvalue weighted by molar-refractivity contribution is 0.0423. The molecule has 3 aromatic heterocycles. The SMILES string of the molecule is O=C(OCc1nc(-c2ccncc2)no1)c1ccc(F)cn1. The molecule has 110 valence electrons. The molecule has 0 amide bonds. The Bertz CT molecular complexity index is 774. The average molecular weight is 300 g/mol. The topological polar surface area (TPSA) is 91.0 Å². The molecule has 0 spiro atoms. The first-order valence-corrected chi connectivity index (χ1v) is 6.24. The maximum atomic E-state index is 12.7. The molecule has 3 rings (SSSR count). The summed E-state index contributed by atoms with van der Waals surface area (Å²) < 4.78 is 22.7. The monoisotopic (exact) mass is 300 g/mol. The predicted octanol–water partition coefficient (Wildman–Crippen LogP) is 2.02. The molecule has 0 unspecified atom stereocenters. The maximum Gasteiger partial charge on any atom is 0.357 e. The molecule has 0 radical (unpaired) electrons.